The average Bonchev–Trinajstić information content (AvgIpc) is 3.24. The third-order valence-corrected chi connectivity index (χ3v) is 8.33. The number of allylic oxidation sites excluding steroid dienone is 1. The predicted octanol–water partition coefficient (Wildman–Crippen LogP) is 2.16. The molecule has 1 aromatic carbocycles. The van der Waals surface area contributed by atoms with E-state index in [2.05, 4.69) is 10.2 Å². The zero-order chi connectivity index (χ0) is 29.9. The van der Waals surface area contributed by atoms with E-state index in [1.54, 1.807) is 18.5 Å². The van der Waals surface area contributed by atoms with Crippen LogP contribution in [-0.2, 0) is 51.8 Å². The van der Waals surface area contributed by atoms with Crippen molar-refractivity contribution in [2.45, 2.75) is 52.2 Å². The van der Waals surface area contributed by atoms with Crippen LogP contribution in [0.3, 0.4) is 0 Å². The van der Waals surface area contributed by atoms with E-state index in [1.165, 1.54) is 22.5 Å². The van der Waals surface area contributed by atoms with Gasteiger partial charge in [-0.2, -0.15) is 22.6 Å². The first-order valence-electron chi connectivity index (χ1n) is 13.4. The maximum atomic E-state index is 13.9. The summed E-state index contributed by atoms with van der Waals surface area (Å²) in [6.07, 6.45) is -2.67. The number of hydrogen-bond acceptors (Lipinski definition) is 7. The minimum absolute atomic E-state index is 0.0106. The Labute approximate surface area is 237 Å². The number of aliphatic hydroxyl groups excluding tert-OH is 1. The Kier molecular flexibility index (Phi) is 9.59. The first kappa shape index (κ1) is 31.2. The van der Waals surface area contributed by atoms with Crippen molar-refractivity contribution in [3.8, 4) is 11.3 Å². The molecule has 0 saturated carbocycles. The molecule has 0 radical (unpaired) electrons. The van der Waals surface area contributed by atoms with Gasteiger partial charge in [0.25, 0.3) is 0 Å². The lowest BCUT2D eigenvalue weighted by Gasteiger charge is -2.29. The Bertz CT molecular complexity index is 1400. The van der Waals surface area contributed by atoms with Crippen LogP contribution in [0, 0.1) is 0 Å². The number of nitrogens with zero attached hydrogens (tertiary/aromatic N) is 4. The summed E-state index contributed by atoms with van der Waals surface area (Å²) in [6.45, 7) is 6.40. The number of alkyl halides is 3. The molecule has 0 aliphatic carbocycles. The fraction of sp³-hybridized carbons (Fsp3) is 0.556. The first-order valence-corrected chi connectivity index (χ1v) is 15.2. The van der Waals surface area contributed by atoms with Crippen molar-refractivity contribution in [1.82, 2.24) is 24.3 Å². The van der Waals surface area contributed by atoms with E-state index in [-0.39, 0.29) is 31.7 Å². The van der Waals surface area contributed by atoms with E-state index in [0.29, 0.717) is 61.7 Å². The maximum Gasteiger partial charge on any atom is 0.416 e. The van der Waals surface area contributed by atoms with Gasteiger partial charge in [0, 0.05) is 68.6 Å². The summed E-state index contributed by atoms with van der Waals surface area (Å²) < 4.78 is 74.6. The summed E-state index contributed by atoms with van der Waals surface area (Å²) in [4.78, 5) is 14.2. The molecular weight excluding hydrogens is 563 g/mol. The van der Waals surface area contributed by atoms with Crippen LogP contribution in [0.1, 0.15) is 36.2 Å². The van der Waals surface area contributed by atoms with E-state index in [9.17, 15) is 31.5 Å². The number of nitrogens with one attached hydrogen (secondary N) is 1. The number of ether oxygens (including phenoxy) is 1. The summed E-state index contributed by atoms with van der Waals surface area (Å²) in [6, 6.07) is 3.59. The molecule has 2 aromatic rings. The molecule has 41 heavy (non-hydrogen) atoms. The van der Waals surface area contributed by atoms with E-state index in [4.69, 9.17) is 9.84 Å². The second-order valence-corrected chi connectivity index (χ2v) is 12.7. The summed E-state index contributed by atoms with van der Waals surface area (Å²) in [5, 5.41) is 18.1. The Balaban J connectivity index is 1.70. The van der Waals surface area contributed by atoms with E-state index in [1.807, 2.05) is 0 Å². The Morgan fingerprint density at radius 3 is 2.54 bits per heavy atom. The van der Waals surface area contributed by atoms with Gasteiger partial charge in [0.15, 0.2) is 0 Å². The average molecular weight is 600 g/mol. The molecule has 2 aliphatic heterocycles. The molecule has 3 heterocycles. The van der Waals surface area contributed by atoms with E-state index in [0.717, 1.165) is 18.0 Å². The van der Waals surface area contributed by atoms with Crippen LogP contribution in [0.5, 0.6) is 0 Å². The van der Waals surface area contributed by atoms with Crippen molar-refractivity contribution in [3.63, 3.8) is 0 Å². The lowest BCUT2D eigenvalue weighted by atomic mass is 9.97. The van der Waals surface area contributed by atoms with Crippen LogP contribution < -0.4 is 5.32 Å². The molecular formula is C27H36F3N5O5S. The zero-order valence-electron chi connectivity index (χ0n) is 23.4. The molecule has 4 rings (SSSR count). The first-order chi connectivity index (χ1) is 19.2. The van der Waals surface area contributed by atoms with Gasteiger partial charge in [-0.3, -0.25) is 14.4 Å². The monoisotopic (exact) mass is 599 g/mol. The molecule has 10 nitrogen and oxygen atoms in total. The quantitative estimate of drug-likeness (QED) is 0.425. The molecule has 1 saturated heterocycles. The number of carbonyl (C=O) groups is 1. The fourth-order valence-electron chi connectivity index (χ4n) is 5.13. The zero-order valence-corrected chi connectivity index (χ0v) is 24.2. The molecule has 226 valence electrons. The minimum atomic E-state index is -4.65. The highest BCUT2D eigenvalue weighted by Gasteiger charge is 2.35. The Morgan fingerprint density at radius 1 is 1.20 bits per heavy atom. The van der Waals surface area contributed by atoms with Gasteiger partial charge < -0.3 is 15.2 Å². The second kappa shape index (κ2) is 12.6. The number of fused-ring (bicyclic) bond motifs is 1. The third kappa shape index (κ3) is 7.95. The van der Waals surface area contributed by atoms with Crippen LogP contribution in [0.15, 0.2) is 29.8 Å². The van der Waals surface area contributed by atoms with Crippen molar-refractivity contribution in [2.24, 2.45) is 0 Å². The normalized spacial score (nSPS) is 17.6. The fourth-order valence-corrected chi connectivity index (χ4v) is 5.92. The molecule has 2 aliphatic rings. The van der Waals surface area contributed by atoms with Crippen LogP contribution >= 0.6 is 0 Å². The number of morpholine rings is 1. The SMILES string of the molecule is CC(C)=CC(=O)NCc1cc(-c2nn(CC(O)CN3CCOCC3)c3c2CN(S(C)(=O)=O)CC3)ccc1C(F)(F)F. The number of rotatable bonds is 9. The molecule has 0 spiro atoms. The summed E-state index contributed by atoms with van der Waals surface area (Å²) in [7, 11) is -3.54. The van der Waals surface area contributed by atoms with E-state index < -0.39 is 33.8 Å². The molecule has 2 N–H and O–H groups in total. The van der Waals surface area contributed by atoms with Crippen LogP contribution in [0.2, 0.25) is 0 Å². The molecule has 0 bridgehead atoms. The van der Waals surface area contributed by atoms with Gasteiger partial charge in [0.1, 0.15) is 0 Å². The number of aliphatic hydroxyl groups is 1. The summed E-state index contributed by atoms with van der Waals surface area (Å²) >= 11 is 0. The lowest BCUT2D eigenvalue weighted by Crippen LogP contribution is -2.42. The van der Waals surface area contributed by atoms with Gasteiger partial charge in [-0.15, -0.1) is 0 Å². The maximum absolute atomic E-state index is 13.9. The number of amides is 1. The van der Waals surface area contributed by atoms with Gasteiger partial charge in [-0.1, -0.05) is 11.6 Å². The molecule has 1 unspecified atom stereocenters. The summed E-state index contributed by atoms with van der Waals surface area (Å²) in [5.74, 6) is -0.511. The number of carbonyl (C=O) groups excluding carboxylic acids is 1. The van der Waals surface area contributed by atoms with Gasteiger partial charge >= 0.3 is 6.18 Å². The van der Waals surface area contributed by atoms with Gasteiger partial charge in [-0.05, 0) is 31.5 Å². The molecule has 1 atom stereocenters. The van der Waals surface area contributed by atoms with E-state index >= 15 is 0 Å². The number of β-amino-alcohol motifs (C(OH)–C–C–N with tert-alkyl or cyclic N) is 1. The topological polar surface area (TPSA) is 117 Å². The van der Waals surface area contributed by atoms with Crippen molar-refractivity contribution in [2.75, 3.05) is 45.6 Å². The van der Waals surface area contributed by atoms with Crippen molar-refractivity contribution in [3.05, 3.63) is 52.2 Å². The van der Waals surface area contributed by atoms with Gasteiger partial charge in [0.05, 0.1) is 43.4 Å². The molecule has 1 aromatic heterocycles. The standard InChI is InChI=1S/C27H36F3N5O5S/c1-18(2)12-25(37)31-14-20-13-19(4-5-23(20)27(28,29)30)26-22-17-34(41(3,38)39)7-6-24(22)35(32-26)16-21(36)15-33-8-10-40-11-9-33/h4-5,12-13,21,36H,6-11,14-17H2,1-3H3,(H,31,37). The highest BCUT2D eigenvalue weighted by molar-refractivity contribution is 7.88. The highest BCUT2D eigenvalue weighted by Crippen LogP contribution is 2.37. The minimum Gasteiger partial charge on any atom is -0.390 e. The van der Waals surface area contributed by atoms with Crippen LogP contribution in [-0.4, -0.2) is 90.2 Å². The Hall–Kier alpha value is -2.78. The van der Waals surface area contributed by atoms with Gasteiger partial charge in [-0.25, -0.2) is 8.42 Å². The number of sulfonamides is 1. The van der Waals surface area contributed by atoms with Crippen LogP contribution in [0.4, 0.5) is 13.2 Å². The Morgan fingerprint density at radius 2 is 1.90 bits per heavy atom. The molecule has 1 fully saturated rings. The van der Waals surface area contributed by atoms with Crippen molar-refractivity contribution in [1.29, 1.82) is 0 Å². The largest absolute Gasteiger partial charge is 0.416 e. The summed E-state index contributed by atoms with van der Waals surface area (Å²) in [5.41, 5.74) is 1.70. The number of aromatic nitrogens is 2. The van der Waals surface area contributed by atoms with Crippen molar-refractivity contribution >= 4 is 15.9 Å². The third-order valence-electron chi connectivity index (χ3n) is 7.08. The second-order valence-electron chi connectivity index (χ2n) is 10.7. The predicted molar refractivity (Wildman–Crippen MR) is 146 cm³/mol. The van der Waals surface area contributed by atoms with Crippen molar-refractivity contribution < 1.29 is 36.2 Å². The molecule has 1 amide bonds. The number of benzene rings is 1. The molecule has 14 heteroatoms. The highest BCUT2D eigenvalue weighted by atomic mass is 32.2. The number of halogens is 3. The van der Waals surface area contributed by atoms with Gasteiger partial charge in [0.2, 0.25) is 15.9 Å². The van der Waals surface area contributed by atoms with Crippen LogP contribution in [0.25, 0.3) is 11.3 Å². The smallest absolute Gasteiger partial charge is 0.390 e. The number of hydrogen-bond donors (Lipinski definition) is 2. The lowest BCUT2D eigenvalue weighted by molar-refractivity contribution is -0.138.